The first kappa shape index (κ1) is 19.4. The molecule has 0 saturated carbocycles. The summed E-state index contributed by atoms with van der Waals surface area (Å²) < 4.78 is 2.07. The molecule has 0 atom stereocenters. The van der Waals surface area contributed by atoms with Crippen molar-refractivity contribution in [2.24, 2.45) is 0 Å². The second-order valence-electron chi connectivity index (χ2n) is 6.90. The molecule has 3 heterocycles. The lowest BCUT2D eigenvalue weighted by Gasteiger charge is -2.06. The summed E-state index contributed by atoms with van der Waals surface area (Å²) in [5.74, 6) is 1.41. The van der Waals surface area contributed by atoms with E-state index in [1.807, 2.05) is 24.8 Å². The molecule has 3 aromatic heterocycles. The van der Waals surface area contributed by atoms with E-state index < -0.39 is 0 Å². The fraction of sp³-hybridized carbons (Fsp3) is 0.273. The Balaban J connectivity index is 1.36. The fourth-order valence-electron chi connectivity index (χ4n) is 3.26. The molecular weight excluding hydrogens is 380 g/mol. The SMILES string of the molecule is Nc1nc(SCCCc2ccccc2)nc2c1ncn2CCCc1ccncc1. The van der Waals surface area contributed by atoms with Crippen LogP contribution < -0.4 is 5.73 Å². The molecule has 1 aromatic carbocycles. The van der Waals surface area contributed by atoms with Crippen LogP contribution in [0.15, 0.2) is 66.3 Å². The van der Waals surface area contributed by atoms with Crippen molar-refractivity contribution in [3.05, 3.63) is 72.3 Å². The van der Waals surface area contributed by atoms with Gasteiger partial charge in [-0.05, 0) is 48.9 Å². The molecule has 0 unspecified atom stereocenters. The number of aromatic nitrogens is 5. The zero-order valence-corrected chi connectivity index (χ0v) is 17.1. The zero-order valence-electron chi connectivity index (χ0n) is 16.2. The zero-order chi connectivity index (χ0) is 19.9. The van der Waals surface area contributed by atoms with Crippen LogP contribution in [0, 0.1) is 0 Å². The number of pyridine rings is 1. The van der Waals surface area contributed by atoms with E-state index in [2.05, 4.69) is 55.9 Å². The standard InChI is InChI=1S/C22H24N6S/c23-20-19-21(28(16-25-19)14-4-8-18-10-12-24-13-11-18)27-22(26-20)29-15-5-9-17-6-2-1-3-7-17/h1-3,6-7,10-13,16H,4-5,8-9,14-15H2,(H2,23,26,27). The predicted molar refractivity (Wildman–Crippen MR) is 118 cm³/mol. The third kappa shape index (κ3) is 5.12. The molecule has 0 radical (unpaired) electrons. The predicted octanol–water partition coefficient (Wildman–Crippen LogP) is 4.16. The van der Waals surface area contributed by atoms with Gasteiger partial charge in [0.15, 0.2) is 16.6 Å². The number of anilines is 1. The number of aryl methyl sites for hydroxylation is 3. The molecule has 7 heteroatoms. The first-order valence-electron chi connectivity index (χ1n) is 9.83. The molecule has 0 saturated heterocycles. The van der Waals surface area contributed by atoms with Gasteiger partial charge >= 0.3 is 0 Å². The highest BCUT2D eigenvalue weighted by Crippen LogP contribution is 2.23. The van der Waals surface area contributed by atoms with E-state index in [4.69, 9.17) is 10.7 Å². The Bertz CT molecular complexity index is 1050. The average Bonchev–Trinajstić information content (AvgIpc) is 3.16. The van der Waals surface area contributed by atoms with E-state index in [0.29, 0.717) is 11.3 Å². The minimum absolute atomic E-state index is 0.452. The molecular formula is C22H24N6S. The molecule has 4 rings (SSSR count). The normalized spacial score (nSPS) is 11.2. The van der Waals surface area contributed by atoms with Crippen LogP contribution in [-0.4, -0.2) is 30.3 Å². The smallest absolute Gasteiger partial charge is 0.191 e. The molecule has 0 aliphatic heterocycles. The van der Waals surface area contributed by atoms with Crippen molar-refractivity contribution in [2.75, 3.05) is 11.5 Å². The van der Waals surface area contributed by atoms with Gasteiger partial charge in [0.2, 0.25) is 0 Å². The van der Waals surface area contributed by atoms with E-state index >= 15 is 0 Å². The van der Waals surface area contributed by atoms with Crippen molar-refractivity contribution in [2.45, 2.75) is 37.4 Å². The van der Waals surface area contributed by atoms with Gasteiger partial charge in [-0.15, -0.1) is 0 Å². The third-order valence-corrected chi connectivity index (χ3v) is 5.70. The summed E-state index contributed by atoms with van der Waals surface area (Å²) in [6, 6.07) is 14.6. The molecule has 6 nitrogen and oxygen atoms in total. The molecule has 0 fully saturated rings. The number of thioether (sulfide) groups is 1. The number of hydrogen-bond acceptors (Lipinski definition) is 6. The van der Waals surface area contributed by atoms with Crippen molar-refractivity contribution in [1.29, 1.82) is 0 Å². The minimum atomic E-state index is 0.452. The summed E-state index contributed by atoms with van der Waals surface area (Å²) >= 11 is 1.65. The summed E-state index contributed by atoms with van der Waals surface area (Å²) in [6.07, 6.45) is 9.59. The van der Waals surface area contributed by atoms with Gasteiger partial charge < -0.3 is 10.3 Å². The van der Waals surface area contributed by atoms with Crippen LogP contribution in [0.4, 0.5) is 5.82 Å². The molecule has 0 amide bonds. The first-order chi connectivity index (χ1) is 14.3. The maximum atomic E-state index is 6.14. The Morgan fingerprint density at radius 3 is 2.48 bits per heavy atom. The van der Waals surface area contributed by atoms with E-state index in [-0.39, 0.29) is 0 Å². The maximum Gasteiger partial charge on any atom is 0.191 e. The lowest BCUT2D eigenvalue weighted by atomic mass is 10.1. The average molecular weight is 405 g/mol. The van der Waals surface area contributed by atoms with E-state index in [1.165, 1.54) is 11.1 Å². The highest BCUT2D eigenvalue weighted by atomic mass is 32.2. The molecule has 0 aliphatic carbocycles. The molecule has 0 bridgehead atoms. The summed E-state index contributed by atoms with van der Waals surface area (Å²) in [5, 5.41) is 0.721. The summed E-state index contributed by atoms with van der Waals surface area (Å²) in [4.78, 5) is 17.6. The highest BCUT2D eigenvalue weighted by Gasteiger charge is 2.11. The van der Waals surface area contributed by atoms with Crippen LogP contribution in [0.5, 0.6) is 0 Å². The van der Waals surface area contributed by atoms with Crippen LogP contribution in [0.2, 0.25) is 0 Å². The van der Waals surface area contributed by atoms with Gasteiger partial charge in [0, 0.05) is 24.7 Å². The number of nitrogens with two attached hydrogens (primary N) is 1. The van der Waals surface area contributed by atoms with Crippen LogP contribution in [0.1, 0.15) is 24.0 Å². The van der Waals surface area contributed by atoms with Crippen molar-refractivity contribution >= 4 is 28.7 Å². The molecule has 4 aromatic rings. The number of nitrogen functional groups attached to an aromatic ring is 1. The number of nitrogens with zero attached hydrogens (tertiary/aromatic N) is 5. The van der Waals surface area contributed by atoms with Crippen LogP contribution >= 0.6 is 11.8 Å². The first-order valence-corrected chi connectivity index (χ1v) is 10.8. The van der Waals surface area contributed by atoms with E-state index in [0.717, 1.165) is 48.8 Å². The lowest BCUT2D eigenvalue weighted by Crippen LogP contribution is -2.03. The number of imidazole rings is 1. The van der Waals surface area contributed by atoms with Crippen LogP contribution in [0.3, 0.4) is 0 Å². The van der Waals surface area contributed by atoms with Gasteiger partial charge in [-0.25, -0.2) is 15.0 Å². The summed E-state index contributed by atoms with van der Waals surface area (Å²) in [6.45, 7) is 0.841. The van der Waals surface area contributed by atoms with Gasteiger partial charge in [-0.2, -0.15) is 0 Å². The lowest BCUT2D eigenvalue weighted by molar-refractivity contribution is 0.650. The van der Waals surface area contributed by atoms with Gasteiger partial charge in [-0.3, -0.25) is 4.98 Å². The van der Waals surface area contributed by atoms with Crippen molar-refractivity contribution < 1.29 is 0 Å². The van der Waals surface area contributed by atoms with Crippen molar-refractivity contribution in [3.8, 4) is 0 Å². The van der Waals surface area contributed by atoms with Crippen LogP contribution in [0.25, 0.3) is 11.2 Å². The summed E-state index contributed by atoms with van der Waals surface area (Å²) in [7, 11) is 0. The molecule has 148 valence electrons. The van der Waals surface area contributed by atoms with Crippen molar-refractivity contribution in [3.63, 3.8) is 0 Å². The van der Waals surface area contributed by atoms with Crippen molar-refractivity contribution in [1.82, 2.24) is 24.5 Å². The second kappa shape index (κ2) is 9.52. The topological polar surface area (TPSA) is 82.5 Å². The highest BCUT2D eigenvalue weighted by molar-refractivity contribution is 7.99. The Morgan fingerprint density at radius 2 is 1.66 bits per heavy atom. The van der Waals surface area contributed by atoms with E-state index in [1.54, 1.807) is 11.8 Å². The maximum absolute atomic E-state index is 6.14. The third-order valence-electron chi connectivity index (χ3n) is 4.77. The largest absolute Gasteiger partial charge is 0.382 e. The monoisotopic (exact) mass is 404 g/mol. The Hall–Kier alpha value is -2.93. The molecule has 0 aliphatic rings. The van der Waals surface area contributed by atoms with E-state index in [9.17, 15) is 0 Å². The second-order valence-corrected chi connectivity index (χ2v) is 7.96. The van der Waals surface area contributed by atoms with Gasteiger partial charge in [-0.1, -0.05) is 42.1 Å². The Morgan fingerprint density at radius 1 is 0.897 bits per heavy atom. The van der Waals surface area contributed by atoms with Gasteiger partial charge in [0.1, 0.15) is 5.52 Å². The Labute approximate surface area is 174 Å². The Kier molecular flexibility index (Phi) is 6.36. The van der Waals surface area contributed by atoms with Gasteiger partial charge in [0.25, 0.3) is 0 Å². The molecule has 29 heavy (non-hydrogen) atoms. The minimum Gasteiger partial charge on any atom is -0.382 e. The van der Waals surface area contributed by atoms with Crippen LogP contribution in [-0.2, 0) is 19.4 Å². The quantitative estimate of drug-likeness (QED) is 0.256. The number of fused-ring (bicyclic) bond motifs is 1. The van der Waals surface area contributed by atoms with Gasteiger partial charge in [0.05, 0.1) is 6.33 Å². The molecule has 0 spiro atoms. The molecule has 2 N–H and O–H groups in total. The number of benzene rings is 1. The number of hydrogen-bond donors (Lipinski definition) is 1. The fourth-order valence-corrected chi connectivity index (χ4v) is 4.05. The number of rotatable bonds is 9. The summed E-state index contributed by atoms with van der Waals surface area (Å²) in [5.41, 5.74) is 10.3.